The summed E-state index contributed by atoms with van der Waals surface area (Å²) in [6.07, 6.45) is 4.28. The summed E-state index contributed by atoms with van der Waals surface area (Å²) in [5.41, 5.74) is 0. The second kappa shape index (κ2) is 6.60. The maximum atomic E-state index is 4.28. The normalized spacial score (nSPS) is 18.7. The van der Waals surface area contributed by atoms with Gasteiger partial charge in [0.1, 0.15) is 0 Å². The Labute approximate surface area is 103 Å². The Morgan fingerprint density at radius 3 is 2.12 bits per heavy atom. The first-order valence-corrected chi connectivity index (χ1v) is 9.65. The molecule has 0 unspecified atom stereocenters. The molecule has 2 heteroatoms. The van der Waals surface area contributed by atoms with Crippen LogP contribution < -0.4 is 0 Å². The Morgan fingerprint density at radius 2 is 1.69 bits per heavy atom. The van der Waals surface area contributed by atoms with Crippen LogP contribution in [-0.2, 0) is 0 Å². The van der Waals surface area contributed by atoms with Gasteiger partial charge in [-0.2, -0.15) is 0 Å². The van der Waals surface area contributed by atoms with Gasteiger partial charge < -0.3 is 4.90 Å². The van der Waals surface area contributed by atoms with Crippen LogP contribution in [-0.4, -0.2) is 32.6 Å². The van der Waals surface area contributed by atoms with Crippen molar-refractivity contribution in [1.29, 1.82) is 0 Å². The molecule has 1 nitrogen and oxygen atoms in total. The molecule has 1 heterocycles. The molecule has 0 atom stereocenters. The first-order chi connectivity index (χ1) is 7.64. The maximum Gasteiger partial charge on any atom is 0.0811 e. The van der Waals surface area contributed by atoms with Gasteiger partial charge in [0.15, 0.2) is 0 Å². The molecule has 0 N–H and O–H groups in total. The summed E-state index contributed by atoms with van der Waals surface area (Å²) >= 11 is 0. The van der Waals surface area contributed by atoms with Gasteiger partial charge in [0.25, 0.3) is 0 Å². The minimum Gasteiger partial charge on any atom is -0.304 e. The van der Waals surface area contributed by atoms with Gasteiger partial charge in [0, 0.05) is 0 Å². The summed E-state index contributed by atoms with van der Waals surface area (Å²) in [5.74, 6) is 0. The van der Waals surface area contributed by atoms with Crippen molar-refractivity contribution in [2.75, 3.05) is 19.6 Å². The van der Waals surface area contributed by atoms with Gasteiger partial charge in [-0.3, -0.25) is 0 Å². The molecule has 0 aromatic rings. The summed E-state index contributed by atoms with van der Waals surface area (Å²) in [6, 6.07) is 4.20. The van der Waals surface area contributed by atoms with Crippen LogP contribution in [0.25, 0.3) is 0 Å². The quantitative estimate of drug-likeness (QED) is 0.631. The van der Waals surface area contributed by atoms with E-state index in [-0.39, 0.29) is 0 Å². The highest BCUT2D eigenvalue weighted by Crippen LogP contribution is 2.28. The summed E-state index contributed by atoms with van der Waals surface area (Å²) in [7, 11) is -1.14. The lowest BCUT2D eigenvalue weighted by molar-refractivity contribution is 0.239. The molecule has 94 valence electrons. The van der Waals surface area contributed by atoms with E-state index in [4.69, 9.17) is 0 Å². The summed E-state index contributed by atoms with van der Waals surface area (Å²) in [4.78, 5) is 2.68. The van der Waals surface area contributed by atoms with Gasteiger partial charge in [-0.05, 0) is 45.4 Å². The Morgan fingerprint density at radius 1 is 1.12 bits per heavy atom. The SMILES string of the molecule is C=C(C)[Si](CC)(CC)CCN1CCCCC1. The van der Waals surface area contributed by atoms with Crippen molar-refractivity contribution in [3.8, 4) is 0 Å². The Kier molecular flexibility index (Phi) is 5.77. The third kappa shape index (κ3) is 3.46. The Bertz CT molecular complexity index is 215. The van der Waals surface area contributed by atoms with Gasteiger partial charge in [0.2, 0.25) is 0 Å². The number of nitrogens with zero attached hydrogens (tertiary/aromatic N) is 1. The molecule has 1 aliphatic rings. The first kappa shape index (κ1) is 14.0. The lowest BCUT2D eigenvalue weighted by atomic mass is 10.1. The van der Waals surface area contributed by atoms with Crippen molar-refractivity contribution < 1.29 is 0 Å². The molecule has 0 amide bonds. The molecule has 0 aromatic heterocycles. The highest BCUT2D eigenvalue weighted by Gasteiger charge is 2.30. The molecule has 1 aliphatic heterocycles. The zero-order valence-electron chi connectivity index (χ0n) is 11.5. The van der Waals surface area contributed by atoms with Crippen LogP contribution in [0.2, 0.25) is 18.1 Å². The molecular weight excluding hydrogens is 210 g/mol. The second-order valence-electron chi connectivity index (χ2n) is 5.42. The van der Waals surface area contributed by atoms with E-state index in [1.54, 1.807) is 0 Å². The molecule has 0 spiro atoms. The fraction of sp³-hybridized carbons (Fsp3) is 0.857. The van der Waals surface area contributed by atoms with Gasteiger partial charge in [-0.15, -0.1) is 6.58 Å². The number of likely N-dealkylation sites (tertiary alicyclic amines) is 1. The van der Waals surface area contributed by atoms with Crippen molar-refractivity contribution in [2.24, 2.45) is 0 Å². The fourth-order valence-electron chi connectivity index (χ4n) is 2.98. The highest BCUT2D eigenvalue weighted by molar-refractivity contribution is 6.86. The number of piperidine rings is 1. The standard InChI is InChI=1S/C14H29NSi/c1-5-16(6-2,14(3)4)13-12-15-10-8-7-9-11-15/h3,5-13H2,1-2,4H3. The van der Waals surface area contributed by atoms with E-state index in [9.17, 15) is 0 Å². The minimum atomic E-state index is -1.14. The zero-order chi connectivity index (χ0) is 12.0. The van der Waals surface area contributed by atoms with Crippen molar-refractivity contribution in [3.63, 3.8) is 0 Å². The van der Waals surface area contributed by atoms with E-state index in [1.165, 1.54) is 62.2 Å². The molecule has 0 bridgehead atoms. The number of rotatable bonds is 6. The van der Waals surface area contributed by atoms with Crippen LogP contribution in [0.4, 0.5) is 0 Å². The molecule has 1 saturated heterocycles. The zero-order valence-corrected chi connectivity index (χ0v) is 12.5. The van der Waals surface area contributed by atoms with Gasteiger partial charge in [0.05, 0.1) is 8.07 Å². The van der Waals surface area contributed by atoms with Crippen LogP contribution in [0, 0.1) is 0 Å². The average Bonchev–Trinajstić information content (AvgIpc) is 2.32. The minimum absolute atomic E-state index is 1.14. The van der Waals surface area contributed by atoms with Crippen LogP contribution in [0.5, 0.6) is 0 Å². The lowest BCUT2D eigenvalue weighted by Crippen LogP contribution is -2.40. The lowest BCUT2D eigenvalue weighted by Gasteiger charge is -2.34. The third-order valence-corrected chi connectivity index (χ3v) is 10.3. The van der Waals surface area contributed by atoms with E-state index in [2.05, 4.69) is 32.3 Å². The number of allylic oxidation sites excluding steroid dienone is 1. The monoisotopic (exact) mass is 239 g/mol. The highest BCUT2D eigenvalue weighted by atomic mass is 28.3. The summed E-state index contributed by atoms with van der Waals surface area (Å²) in [6.45, 7) is 15.3. The van der Waals surface area contributed by atoms with E-state index in [1.807, 2.05) is 0 Å². The first-order valence-electron chi connectivity index (χ1n) is 7.03. The Hall–Kier alpha value is -0.0831. The molecule has 0 saturated carbocycles. The van der Waals surface area contributed by atoms with E-state index < -0.39 is 8.07 Å². The fourth-order valence-corrected chi connectivity index (χ4v) is 6.56. The van der Waals surface area contributed by atoms with E-state index in [0.29, 0.717) is 0 Å². The van der Waals surface area contributed by atoms with Crippen LogP contribution in [0.1, 0.15) is 40.0 Å². The number of hydrogen-bond donors (Lipinski definition) is 0. The van der Waals surface area contributed by atoms with Crippen LogP contribution in [0.3, 0.4) is 0 Å². The van der Waals surface area contributed by atoms with E-state index >= 15 is 0 Å². The molecule has 1 rings (SSSR count). The van der Waals surface area contributed by atoms with Crippen LogP contribution >= 0.6 is 0 Å². The van der Waals surface area contributed by atoms with Gasteiger partial charge in [-0.25, -0.2) is 0 Å². The molecule has 1 fully saturated rings. The molecule has 0 radical (unpaired) electrons. The topological polar surface area (TPSA) is 3.24 Å². The third-order valence-electron chi connectivity index (χ3n) is 4.61. The van der Waals surface area contributed by atoms with Crippen LogP contribution in [0.15, 0.2) is 11.8 Å². The second-order valence-corrected chi connectivity index (χ2v) is 10.7. The van der Waals surface area contributed by atoms with Crippen molar-refractivity contribution >= 4 is 8.07 Å². The van der Waals surface area contributed by atoms with Crippen molar-refractivity contribution in [3.05, 3.63) is 11.8 Å². The molecule has 0 aromatic carbocycles. The molecule has 0 aliphatic carbocycles. The summed E-state index contributed by atoms with van der Waals surface area (Å²) < 4.78 is 0. The van der Waals surface area contributed by atoms with Crippen molar-refractivity contribution in [1.82, 2.24) is 4.90 Å². The predicted octanol–water partition coefficient (Wildman–Crippen LogP) is 4.08. The predicted molar refractivity (Wildman–Crippen MR) is 76.6 cm³/mol. The van der Waals surface area contributed by atoms with Crippen molar-refractivity contribution in [2.45, 2.75) is 58.2 Å². The van der Waals surface area contributed by atoms with Gasteiger partial charge in [-0.1, -0.05) is 37.6 Å². The Balaban J connectivity index is 2.45. The maximum absolute atomic E-state index is 4.28. The number of hydrogen-bond acceptors (Lipinski definition) is 1. The molecular formula is C14H29NSi. The average molecular weight is 239 g/mol. The summed E-state index contributed by atoms with van der Waals surface area (Å²) in [5, 5.41) is 1.52. The largest absolute Gasteiger partial charge is 0.304 e. The molecule has 16 heavy (non-hydrogen) atoms. The van der Waals surface area contributed by atoms with E-state index in [0.717, 1.165) is 0 Å². The smallest absolute Gasteiger partial charge is 0.0811 e. The van der Waals surface area contributed by atoms with Gasteiger partial charge >= 0.3 is 0 Å².